The summed E-state index contributed by atoms with van der Waals surface area (Å²) in [4.78, 5) is 26.4. The summed E-state index contributed by atoms with van der Waals surface area (Å²) in [6, 6.07) is -1.05. The first-order chi connectivity index (χ1) is 36.7. The first kappa shape index (κ1) is 69.3. The van der Waals surface area contributed by atoms with E-state index in [4.69, 9.17) is 14.2 Å². The number of aliphatic hydroxyl groups excluding tert-OH is 5. The van der Waals surface area contributed by atoms with Gasteiger partial charge in [0.05, 0.1) is 25.4 Å². The van der Waals surface area contributed by atoms with Gasteiger partial charge in [0.15, 0.2) is 12.4 Å². The maximum atomic E-state index is 13.4. The van der Waals surface area contributed by atoms with Gasteiger partial charge in [-0.2, -0.15) is 0 Å². The van der Waals surface area contributed by atoms with E-state index in [-0.39, 0.29) is 19.4 Å². The molecule has 1 amide bonds. The molecule has 75 heavy (non-hydrogen) atoms. The highest BCUT2D eigenvalue weighted by molar-refractivity contribution is 5.80. The largest absolute Gasteiger partial charge is 0.454 e. The molecule has 1 aliphatic heterocycles. The third-order valence-electron chi connectivity index (χ3n) is 13.2. The van der Waals surface area contributed by atoms with Crippen LogP contribution in [0, 0.1) is 0 Å². The Labute approximate surface area is 456 Å². The number of allylic oxidation sites excluding steroid dienone is 17. The summed E-state index contributed by atoms with van der Waals surface area (Å²) in [5.41, 5.74) is 0. The normalized spacial score (nSPS) is 20.0. The molecule has 0 aliphatic carbocycles. The number of hydrogen-bond donors (Lipinski definition) is 6. The van der Waals surface area contributed by atoms with Crippen LogP contribution in [0.4, 0.5) is 0 Å². The minimum absolute atomic E-state index is 0.00891. The molecule has 8 atom stereocenters. The number of amides is 1. The Morgan fingerprint density at radius 3 is 1.44 bits per heavy atom. The summed E-state index contributed by atoms with van der Waals surface area (Å²) in [7, 11) is 0. The monoisotopic (exact) mass is 1050 g/mol. The van der Waals surface area contributed by atoms with Gasteiger partial charge in [-0.05, 0) is 96.3 Å². The highest BCUT2D eigenvalue weighted by Crippen LogP contribution is 2.26. The molecule has 11 heteroatoms. The average Bonchev–Trinajstić information content (AvgIpc) is 3.41. The molecule has 0 aromatic carbocycles. The van der Waals surface area contributed by atoms with Crippen LogP contribution in [-0.4, -0.2) is 99.6 Å². The Bertz CT molecular complexity index is 1630. The van der Waals surface area contributed by atoms with Gasteiger partial charge in [-0.25, -0.2) is 0 Å². The van der Waals surface area contributed by atoms with Gasteiger partial charge >= 0.3 is 5.97 Å². The smallest absolute Gasteiger partial charge is 0.306 e. The van der Waals surface area contributed by atoms with E-state index in [1.165, 1.54) is 77.0 Å². The SMILES string of the molecule is CC/C=C\C/C=C\C/C=C\C/C=C\C/C=C\C/C=C\CCCCCC(O)C(=O)NC(COC1OC(CO)C(O)C(O)C1OC(=O)CC/C=C/C/C=C\CCCCCCCC)C(O)/C=C/CCCCCCCCCCC. The first-order valence-electron chi connectivity index (χ1n) is 29.7. The fourth-order valence-corrected chi connectivity index (χ4v) is 8.47. The van der Waals surface area contributed by atoms with Crippen LogP contribution in [0.15, 0.2) is 109 Å². The van der Waals surface area contributed by atoms with Crippen molar-refractivity contribution in [2.24, 2.45) is 0 Å². The van der Waals surface area contributed by atoms with Crippen LogP contribution in [-0.2, 0) is 23.8 Å². The third kappa shape index (κ3) is 39.4. The molecule has 0 radical (unpaired) electrons. The van der Waals surface area contributed by atoms with E-state index in [1.54, 1.807) is 6.08 Å². The molecule has 6 N–H and O–H groups in total. The quantitative estimate of drug-likeness (QED) is 0.0195. The van der Waals surface area contributed by atoms with Crippen LogP contribution >= 0.6 is 0 Å². The summed E-state index contributed by atoms with van der Waals surface area (Å²) >= 11 is 0. The third-order valence-corrected chi connectivity index (χ3v) is 13.2. The summed E-state index contributed by atoms with van der Waals surface area (Å²) in [6.45, 7) is 5.58. The second-order valence-corrected chi connectivity index (χ2v) is 20.0. The molecule has 1 heterocycles. The number of hydrogen-bond acceptors (Lipinski definition) is 10. The standard InChI is InChI=1S/C64H107NO10/c1-4-7-10-13-16-19-22-24-25-26-27-28-29-30-31-32-34-36-39-42-45-48-51-57(68)63(72)65-55(56(67)50-47-44-41-38-35-21-18-15-12-9-6-3)54-73-64-62(61(71)60(70)58(53-66)74-64)75-59(69)52-49-46-43-40-37-33-23-20-17-14-11-8-5-2/h7,10,16,19,24-25,27-28,30-31,33-34,36-37,43,46-47,50,55-58,60-62,64,66-68,70-71H,4-6,8-9,11-15,17-18,20-23,26,29,32,35,38-42,44-45,48-49,51-54H2,1-3H3,(H,65,72)/b10-7-,19-16-,25-24-,28-27-,31-30-,36-34-,37-33-,46-43+,50-47+. The number of esters is 1. The molecule has 1 rings (SSSR count). The minimum Gasteiger partial charge on any atom is -0.454 e. The molecule has 0 saturated carbocycles. The molecule has 0 bridgehead atoms. The Morgan fingerprint density at radius 2 is 0.960 bits per heavy atom. The molecule has 1 aliphatic rings. The molecule has 0 aromatic rings. The molecular weight excluding hydrogens is 943 g/mol. The lowest BCUT2D eigenvalue weighted by molar-refractivity contribution is -0.305. The maximum absolute atomic E-state index is 13.4. The molecule has 0 spiro atoms. The lowest BCUT2D eigenvalue weighted by atomic mass is 9.99. The molecule has 1 fully saturated rings. The number of nitrogens with one attached hydrogen (secondary N) is 1. The fourth-order valence-electron chi connectivity index (χ4n) is 8.47. The number of rotatable bonds is 48. The van der Waals surface area contributed by atoms with E-state index in [9.17, 15) is 35.1 Å². The van der Waals surface area contributed by atoms with Crippen LogP contribution in [0.3, 0.4) is 0 Å². The Balaban J connectivity index is 2.73. The van der Waals surface area contributed by atoms with Crippen molar-refractivity contribution in [3.8, 4) is 0 Å². The van der Waals surface area contributed by atoms with Crippen molar-refractivity contribution >= 4 is 11.9 Å². The lowest BCUT2D eigenvalue weighted by Gasteiger charge is -2.41. The molecule has 428 valence electrons. The molecular formula is C64H107NO10. The Hall–Kier alpha value is -3.68. The number of carbonyl (C=O) groups is 2. The van der Waals surface area contributed by atoms with Crippen LogP contribution in [0.5, 0.6) is 0 Å². The van der Waals surface area contributed by atoms with Crippen molar-refractivity contribution < 1.29 is 49.3 Å². The van der Waals surface area contributed by atoms with Crippen LogP contribution in [0.1, 0.15) is 220 Å². The van der Waals surface area contributed by atoms with Gasteiger partial charge in [-0.1, -0.05) is 226 Å². The van der Waals surface area contributed by atoms with Gasteiger partial charge in [-0.3, -0.25) is 9.59 Å². The Morgan fingerprint density at radius 1 is 0.533 bits per heavy atom. The number of ether oxygens (including phenoxy) is 3. The van der Waals surface area contributed by atoms with E-state index in [0.29, 0.717) is 12.8 Å². The van der Waals surface area contributed by atoms with Crippen LogP contribution in [0.25, 0.3) is 0 Å². The van der Waals surface area contributed by atoms with Crippen molar-refractivity contribution in [1.82, 2.24) is 5.32 Å². The summed E-state index contributed by atoms with van der Waals surface area (Å²) in [6.07, 6.45) is 58.6. The zero-order valence-electron chi connectivity index (χ0n) is 47.1. The van der Waals surface area contributed by atoms with Crippen molar-refractivity contribution in [3.63, 3.8) is 0 Å². The highest BCUT2D eigenvalue weighted by Gasteiger charge is 2.47. The first-order valence-corrected chi connectivity index (χ1v) is 29.7. The van der Waals surface area contributed by atoms with Crippen LogP contribution in [0.2, 0.25) is 0 Å². The van der Waals surface area contributed by atoms with E-state index in [0.717, 1.165) is 96.3 Å². The zero-order chi connectivity index (χ0) is 54.7. The van der Waals surface area contributed by atoms with Gasteiger partial charge in [0.2, 0.25) is 5.91 Å². The highest BCUT2D eigenvalue weighted by atomic mass is 16.7. The summed E-state index contributed by atoms with van der Waals surface area (Å²) in [5.74, 6) is -1.30. The fraction of sp³-hybridized carbons (Fsp3) is 0.688. The number of carbonyl (C=O) groups excluding carboxylic acids is 2. The van der Waals surface area contributed by atoms with Gasteiger partial charge < -0.3 is 45.1 Å². The van der Waals surface area contributed by atoms with Crippen molar-refractivity contribution in [1.29, 1.82) is 0 Å². The second-order valence-electron chi connectivity index (χ2n) is 20.0. The molecule has 11 nitrogen and oxygen atoms in total. The average molecular weight is 1050 g/mol. The van der Waals surface area contributed by atoms with E-state index in [1.807, 2.05) is 18.2 Å². The van der Waals surface area contributed by atoms with E-state index in [2.05, 4.69) is 111 Å². The topological polar surface area (TPSA) is 175 Å². The van der Waals surface area contributed by atoms with Gasteiger partial charge in [0, 0.05) is 6.42 Å². The lowest BCUT2D eigenvalue weighted by Crippen LogP contribution is -2.61. The van der Waals surface area contributed by atoms with Gasteiger partial charge in [0.1, 0.15) is 24.4 Å². The number of unbranched alkanes of at least 4 members (excludes halogenated alkanes) is 18. The zero-order valence-corrected chi connectivity index (χ0v) is 47.1. The summed E-state index contributed by atoms with van der Waals surface area (Å²) < 4.78 is 17.5. The molecule has 1 saturated heterocycles. The predicted molar refractivity (Wildman–Crippen MR) is 310 cm³/mol. The van der Waals surface area contributed by atoms with Gasteiger partial charge in [0.25, 0.3) is 0 Å². The van der Waals surface area contributed by atoms with Crippen molar-refractivity contribution in [2.45, 2.75) is 269 Å². The van der Waals surface area contributed by atoms with Crippen molar-refractivity contribution in [2.75, 3.05) is 13.2 Å². The Kier molecular flexibility index (Phi) is 47.2. The van der Waals surface area contributed by atoms with E-state index >= 15 is 0 Å². The minimum atomic E-state index is -1.65. The molecule has 8 unspecified atom stereocenters. The van der Waals surface area contributed by atoms with Gasteiger partial charge in [-0.15, -0.1) is 0 Å². The summed E-state index contributed by atoms with van der Waals surface area (Å²) in [5, 5.41) is 56.8. The van der Waals surface area contributed by atoms with Crippen molar-refractivity contribution in [3.05, 3.63) is 109 Å². The maximum Gasteiger partial charge on any atom is 0.306 e. The number of aliphatic hydroxyl groups is 5. The second kappa shape index (κ2) is 51.1. The van der Waals surface area contributed by atoms with E-state index < -0.39 is 67.4 Å². The molecule has 0 aromatic heterocycles. The van der Waals surface area contributed by atoms with Crippen LogP contribution < -0.4 is 5.32 Å². The predicted octanol–water partition coefficient (Wildman–Crippen LogP) is 13.7.